The van der Waals surface area contributed by atoms with Crippen LogP contribution in [0.4, 0.5) is 14.9 Å². The van der Waals surface area contributed by atoms with Gasteiger partial charge < -0.3 is 10.1 Å². The van der Waals surface area contributed by atoms with Gasteiger partial charge in [-0.05, 0) is 55.5 Å². The van der Waals surface area contributed by atoms with E-state index in [2.05, 4.69) is 10.4 Å². The smallest absolute Gasteiger partial charge is 0.414 e. The van der Waals surface area contributed by atoms with E-state index >= 15 is 0 Å². The summed E-state index contributed by atoms with van der Waals surface area (Å²) in [6, 6.07) is 12.5. The van der Waals surface area contributed by atoms with Crippen molar-refractivity contribution in [1.29, 1.82) is 0 Å². The number of carbonyl (C=O) groups is 2. The number of carbonyl (C=O) groups excluding carboxylic acids is 2. The molecular formula is C26H28ClFN4O3. The topological polar surface area (TPSA) is 76.5 Å². The zero-order valence-electron chi connectivity index (χ0n) is 20.0. The van der Waals surface area contributed by atoms with E-state index in [1.807, 2.05) is 38.2 Å². The Kier molecular flexibility index (Phi) is 7.40. The molecule has 1 fully saturated rings. The average Bonchev–Trinajstić information content (AvgIpc) is 3.31. The van der Waals surface area contributed by atoms with E-state index in [0.29, 0.717) is 16.4 Å². The second-order valence-electron chi connectivity index (χ2n) is 8.75. The van der Waals surface area contributed by atoms with Gasteiger partial charge in [-0.15, -0.1) is 0 Å². The van der Waals surface area contributed by atoms with Crippen LogP contribution in [0.5, 0.6) is 0 Å². The van der Waals surface area contributed by atoms with Gasteiger partial charge in [-0.2, -0.15) is 5.10 Å². The molecule has 3 aromatic rings. The second kappa shape index (κ2) is 10.5. The summed E-state index contributed by atoms with van der Waals surface area (Å²) in [5.41, 5.74) is 4.83. The Bertz CT molecular complexity index is 1240. The Balaban J connectivity index is 1.38. The molecule has 1 aromatic heterocycles. The fourth-order valence-electron chi connectivity index (χ4n) is 4.28. The normalized spacial score (nSPS) is 15.4. The number of aryl methyl sites for hydroxylation is 3. The minimum atomic E-state index is -0.556. The van der Waals surface area contributed by atoms with E-state index < -0.39 is 18.0 Å². The third-order valence-corrected chi connectivity index (χ3v) is 6.62. The number of benzene rings is 2. The van der Waals surface area contributed by atoms with Gasteiger partial charge in [0.1, 0.15) is 17.1 Å². The molecule has 184 valence electrons. The SMILES string of the molecule is CC(=O)NC[C@H]1CN(c2ccc(-c3ccc(CCCc4c(C)nn(C)c4Cl)cc3)c(F)c2)C(=O)O1. The molecule has 7 nitrogen and oxygen atoms in total. The van der Waals surface area contributed by atoms with Gasteiger partial charge in [0, 0.05) is 25.1 Å². The second-order valence-corrected chi connectivity index (χ2v) is 9.10. The molecule has 4 rings (SSSR count). The molecule has 0 unspecified atom stereocenters. The molecule has 2 heterocycles. The molecule has 1 aliphatic heterocycles. The molecule has 0 aliphatic carbocycles. The number of hydrogen-bond donors (Lipinski definition) is 1. The van der Waals surface area contributed by atoms with Gasteiger partial charge in [0.05, 0.1) is 24.5 Å². The van der Waals surface area contributed by atoms with Crippen molar-refractivity contribution in [3.8, 4) is 11.1 Å². The summed E-state index contributed by atoms with van der Waals surface area (Å²) < 4.78 is 21.9. The van der Waals surface area contributed by atoms with Crippen molar-refractivity contribution in [3.05, 3.63) is 70.3 Å². The highest BCUT2D eigenvalue weighted by Gasteiger charge is 2.32. The molecule has 0 radical (unpaired) electrons. The van der Waals surface area contributed by atoms with Crippen molar-refractivity contribution < 1.29 is 18.7 Å². The van der Waals surface area contributed by atoms with Crippen LogP contribution >= 0.6 is 11.6 Å². The molecular weight excluding hydrogens is 471 g/mol. The molecule has 9 heteroatoms. The van der Waals surface area contributed by atoms with Crippen LogP contribution in [0.3, 0.4) is 0 Å². The third kappa shape index (κ3) is 5.65. The monoisotopic (exact) mass is 498 g/mol. The Morgan fingerprint density at radius 3 is 2.60 bits per heavy atom. The summed E-state index contributed by atoms with van der Waals surface area (Å²) in [6.07, 6.45) is 1.63. The van der Waals surface area contributed by atoms with E-state index in [1.54, 1.807) is 16.8 Å². The predicted octanol–water partition coefficient (Wildman–Crippen LogP) is 4.82. The number of cyclic esters (lactones) is 1. The van der Waals surface area contributed by atoms with Gasteiger partial charge in [-0.25, -0.2) is 9.18 Å². The lowest BCUT2D eigenvalue weighted by atomic mass is 10.00. The van der Waals surface area contributed by atoms with Gasteiger partial charge in [-0.1, -0.05) is 35.9 Å². The number of amides is 2. The zero-order valence-corrected chi connectivity index (χ0v) is 20.7. The van der Waals surface area contributed by atoms with Crippen LogP contribution in [0.1, 0.15) is 30.2 Å². The molecule has 2 aromatic carbocycles. The number of halogens is 2. The van der Waals surface area contributed by atoms with E-state index in [0.717, 1.165) is 41.6 Å². The Labute approximate surface area is 208 Å². The number of ether oxygens (including phenoxy) is 1. The largest absolute Gasteiger partial charge is 0.442 e. The van der Waals surface area contributed by atoms with Crippen molar-refractivity contribution >= 4 is 29.3 Å². The maximum absolute atomic E-state index is 15.0. The van der Waals surface area contributed by atoms with Gasteiger partial charge in [-0.3, -0.25) is 14.4 Å². The van der Waals surface area contributed by atoms with Gasteiger partial charge in [0.15, 0.2) is 0 Å². The first-order valence-corrected chi connectivity index (χ1v) is 11.9. The number of rotatable bonds is 8. The van der Waals surface area contributed by atoms with Gasteiger partial charge >= 0.3 is 6.09 Å². The number of nitrogens with one attached hydrogen (secondary N) is 1. The molecule has 0 saturated carbocycles. The van der Waals surface area contributed by atoms with Crippen molar-refractivity contribution in [2.24, 2.45) is 7.05 Å². The van der Waals surface area contributed by atoms with Crippen LogP contribution < -0.4 is 10.2 Å². The van der Waals surface area contributed by atoms with E-state index in [9.17, 15) is 14.0 Å². The summed E-state index contributed by atoms with van der Waals surface area (Å²) in [6.45, 7) is 3.83. The molecule has 0 spiro atoms. The maximum atomic E-state index is 15.0. The Morgan fingerprint density at radius 2 is 1.97 bits per heavy atom. The third-order valence-electron chi connectivity index (χ3n) is 6.14. The van der Waals surface area contributed by atoms with Crippen LogP contribution in [-0.2, 0) is 29.4 Å². The van der Waals surface area contributed by atoms with Gasteiger partial charge in [0.2, 0.25) is 5.91 Å². The van der Waals surface area contributed by atoms with Crippen molar-refractivity contribution in [2.75, 3.05) is 18.0 Å². The highest BCUT2D eigenvalue weighted by molar-refractivity contribution is 6.30. The highest BCUT2D eigenvalue weighted by Crippen LogP contribution is 2.29. The summed E-state index contributed by atoms with van der Waals surface area (Å²) in [4.78, 5) is 24.7. The molecule has 1 aliphatic rings. The lowest BCUT2D eigenvalue weighted by Crippen LogP contribution is -2.33. The van der Waals surface area contributed by atoms with Crippen molar-refractivity contribution in [1.82, 2.24) is 15.1 Å². The molecule has 1 N–H and O–H groups in total. The summed E-state index contributed by atoms with van der Waals surface area (Å²) in [5, 5.41) is 7.66. The van der Waals surface area contributed by atoms with Crippen LogP contribution in [0, 0.1) is 12.7 Å². The first kappa shape index (κ1) is 24.7. The summed E-state index contributed by atoms with van der Waals surface area (Å²) in [5.74, 6) is -0.621. The Hall–Kier alpha value is -3.39. The van der Waals surface area contributed by atoms with Crippen molar-refractivity contribution in [3.63, 3.8) is 0 Å². The average molecular weight is 499 g/mol. The van der Waals surface area contributed by atoms with Crippen LogP contribution in [0.2, 0.25) is 5.15 Å². The first-order chi connectivity index (χ1) is 16.7. The summed E-state index contributed by atoms with van der Waals surface area (Å²) in [7, 11) is 1.84. The quantitative estimate of drug-likeness (QED) is 0.483. The van der Waals surface area contributed by atoms with E-state index in [4.69, 9.17) is 16.3 Å². The number of nitrogens with zero attached hydrogens (tertiary/aromatic N) is 3. The number of anilines is 1. The number of aromatic nitrogens is 2. The fourth-order valence-corrected chi connectivity index (χ4v) is 4.55. The van der Waals surface area contributed by atoms with Crippen LogP contribution in [0.15, 0.2) is 42.5 Å². The lowest BCUT2D eigenvalue weighted by molar-refractivity contribution is -0.119. The molecule has 0 bridgehead atoms. The molecule has 35 heavy (non-hydrogen) atoms. The highest BCUT2D eigenvalue weighted by atomic mass is 35.5. The van der Waals surface area contributed by atoms with Gasteiger partial charge in [0.25, 0.3) is 0 Å². The predicted molar refractivity (Wildman–Crippen MR) is 133 cm³/mol. The molecule has 2 amide bonds. The fraction of sp³-hybridized carbons (Fsp3) is 0.346. The standard InChI is InChI=1S/C26H28ClFN4O3/c1-16-22(25(27)31(3)30-16)6-4-5-18-7-9-19(10-8-18)23-12-11-20(13-24(23)28)32-15-21(35-26(32)34)14-29-17(2)33/h7-13,21H,4-6,14-15H2,1-3H3,(H,29,33)/t21-/m0/s1. The van der Waals surface area contributed by atoms with Crippen LogP contribution in [-0.4, -0.2) is 41.0 Å². The molecule has 1 saturated heterocycles. The maximum Gasteiger partial charge on any atom is 0.414 e. The van der Waals surface area contributed by atoms with Crippen LogP contribution in [0.25, 0.3) is 11.1 Å². The van der Waals surface area contributed by atoms with Crippen molar-refractivity contribution in [2.45, 2.75) is 39.2 Å². The zero-order chi connectivity index (χ0) is 25.1. The molecule has 1 atom stereocenters. The number of hydrogen-bond acceptors (Lipinski definition) is 4. The lowest BCUT2D eigenvalue weighted by Gasteiger charge is -2.15. The van der Waals surface area contributed by atoms with E-state index in [-0.39, 0.29) is 19.0 Å². The minimum absolute atomic E-state index is 0.200. The minimum Gasteiger partial charge on any atom is -0.442 e. The Morgan fingerprint density at radius 1 is 1.23 bits per heavy atom. The first-order valence-electron chi connectivity index (χ1n) is 11.5. The summed E-state index contributed by atoms with van der Waals surface area (Å²) >= 11 is 6.31. The van der Waals surface area contributed by atoms with E-state index in [1.165, 1.54) is 17.9 Å².